The second-order valence-electron chi connectivity index (χ2n) is 3.42. The Bertz CT molecular complexity index is 522. The third-order valence-electron chi connectivity index (χ3n) is 2.44. The second-order valence-corrected chi connectivity index (χ2v) is 6.88. The summed E-state index contributed by atoms with van der Waals surface area (Å²) in [7, 11) is 0. The van der Waals surface area contributed by atoms with E-state index in [1.807, 2.05) is 0 Å². The van der Waals surface area contributed by atoms with E-state index in [0.717, 1.165) is 14.3 Å². The molecule has 0 spiro atoms. The summed E-state index contributed by atoms with van der Waals surface area (Å²) in [6.07, 6.45) is 0. The maximum absolute atomic E-state index is 3.68. The molecule has 0 saturated heterocycles. The van der Waals surface area contributed by atoms with E-state index in [2.05, 4.69) is 94.1 Å². The molecule has 0 aliphatic carbocycles. The number of alkyl halides is 2. The summed E-state index contributed by atoms with van der Waals surface area (Å²) in [6.45, 7) is 0. The molecule has 0 aliphatic rings. The Morgan fingerprint density at radius 2 is 1.69 bits per heavy atom. The van der Waals surface area contributed by atoms with E-state index in [1.54, 1.807) is 0 Å². The van der Waals surface area contributed by atoms with Gasteiger partial charge in [0.1, 0.15) is 0 Å². The quantitative estimate of drug-likeness (QED) is 0.458. The Labute approximate surface area is 128 Å². The average Bonchev–Trinajstić information content (AvgIpc) is 2.32. The summed E-state index contributed by atoms with van der Waals surface area (Å²) in [5, 5.41) is 3.39. The molecule has 0 heterocycles. The van der Waals surface area contributed by atoms with Crippen LogP contribution in [0, 0.1) is 0 Å². The lowest BCUT2D eigenvalue weighted by Crippen LogP contribution is -1.93. The van der Waals surface area contributed by atoms with Crippen LogP contribution >= 0.6 is 63.7 Å². The molecular weight excluding hydrogens is 464 g/mol. The van der Waals surface area contributed by atoms with E-state index in [9.17, 15) is 0 Å². The molecule has 0 saturated carbocycles. The standard InChI is InChI=1S/C12H8Br4/c13-6-11(16)8-3-1-2-7-9(14)4-5-10(15)12(7)8/h1-5,11H,6H2. The lowest BCUT2D eigenvalue weighted by molar-refractivity contribution is 1.17. The molecule has 4 heteroatoms. The molecule has 84 valence electrons. The van der Waals surface area contributed by atoms with Crippen molar-refractivity contribution in [3.8, 4) is 0 Å². The molecule has 1 unspecified atom stereocenters. The molecular formula is C12H8Br4. The van der Waals surface area contributed by atoms with Crippen LogP contribution in [0.4, 0.5) is 0 Å². The predicted molar refractivity (Wildman–Crippen MR) is 84.8 cm³/mol. The van der Waals surface area contributed by atoms with Gasteiger partial charge in [-0.15, -0.1) is 0 Å². The number of hydrogen-bond donors (Lipinski definition) is 0. The number of fused-ring (bicyclic) bond motifs is 1. The van der Waals surface area contributed by atoms with E-state index in [0.29, 0.717) is 4.83 Å². The molecule has 0 aromatic heterocycles. The Kier molecular flexibility index (Phi) is 4.50. The summed E-state index contributed by atoms with van der Waals surface area (Å²) >= 11 is 14.4. The molecule has 0 aliphatic heterocycles. The average molecular weight is 472 g/mol. The molecule has 0 N–H and O–H groups in total. The summed E-state index contributed by atoms with van der Waals surface area (Å²) < 4.78 is 2.26. The van der Waals surface area contributed by atoms with Crippen LogP contribution < -0.4 is 0 Å². The van der Waals surface area contributed by atoms with Crippen LogP contribution in [-0.4, -0.2) is 5.33 Å². The maximum Gasteiger partial charge on any atom is 0.0498 e. The van der Waals surface area contributed by atoms with Gasteiger partial charge in [-0.05, 0) is 23.1 Å². The lowest BCUT2D eigenvalue weighted by atomic mass is 10.0. The van der Waals surface area contributed by atoms with Gasteiger partial charge in [0, 0.05) is 24.5 Å². The van der Waals surface area contributed by atoms with Crippen molar-refractivity contribution < 1.29 is 0 Å². The Balaban J connectivity index is 2.81. The first kappa shape index (κ1) is 13.1. The fourth-order valence-electron chi connectivity index (χ4n) is 1.70. The molecule has 0 amide bonds. The molecule has 16 heavy (non-hydrogen) atoms. The van der Waals surface area contributed by atoms with Crippen LogP contribution in [0.2, 0.25) is 0 Å². The minimum atomic E-state index is 0.321. The zero-order valence-electron chi connectivity index (χ0n) is 8.18. The largest absolute Gasteiger partial charge is 0.0912 e. The van der Waals surface area contributed by atoms with Crippen LogP contribution in [0.15, 0.2) is 39.3 Å². The predicted octanol–water partition coefficient (Wildman–Crippen LogP) is 6.20. The molecule has 2 rings (SSSR count). The molecule has 0 fully saturated rings. The first-order chi connectivity index (χ1) is 7.65. The topological polar surface area (TPSA) is 0 Å². The highest BCUT2D eigenvalue weighted by Gasteiger charge is 2.13. The van der Waals surface area contributed by atoms with Crippen molar-refractivity contribution >= 4 is 74.5 Å². The third-order valence-corrected chi connectivity index (χ3v) is 6.13. The van der Waals surface area contributed by atoms with Gasteiger partial charge in [0.25, 0.3) is 0 Å². The van der Waals surface area contributed by atoms with Crippen LogP contribution in [0.1, 0.15) is 10.4 Å². The number of rotatable bonds is 2. The van der Waals surface area contributed by atoms with Crippen molar-refractivity contribution in [1.82, 2.24) is 0 Å². The highest BCUT2D eigenvalue weighted by Crippen LogP contribution is 2.38. The summed E-state index contributed by atoms with van der Waals surface area (Å²) in [4.78, 5) is 0.321. The zero-order valence-corrected chi connectivity index (χ0v) is 14.5. The summed E-state index contributed by atoms with van der Waals surface area (Å²) in [5.41, 5.74) is 1.29. The van der Waals surface area contributed by atoms with Crippen molar-refractivity contribution in [1.29, 1.82) is 0 Å². The van der Waals surface area contributed by atoms with Gasteiger partial charge in [-0.2, -0.15) is 0 Å². The van der Waals surface area contributed by atoms with Gasteiger partial charge < -0.3 is 0 Å². The van der Waals surface area contributed by atoms with Gasteiger partial charge in [0.05, 0.1) is 0 Å². The minimum absolute atomic E-state index is 0.321. The Hall–Kier alpha value is 0.620. The van der Waals surface area contributed by atoms with Gasteiger partial charge in [0.15, 0.2) is 0 Å². The summed E-state index contributed by atoms with van der Waals surface area (Å²) in [5.74, 6) is 0. The minimum Gasteiger partial charge on any atom is -0.0912 e. The van der Waals surface area contributed by atoms with E-state index >= 15 is 0 Å². The molecule has 2 aromatic rings. The van der Waals surface area contributed by atoms with Crippen molar-refractivity contribution in [2.75, 3.05) is 5.33 Å². The lowest BCUT2D eigenvalue weighted by Gasteiger charge is -2.13. The zero-order chi connectivity index (χ0) is 11.7. The van der Waals surface area contributed by atoms with Crippen molar-refractivity contribution in [3.63, 3.8) is 0 Å². The van der Waals surface area contributed by atoms with E-state index in [4.69, 9.17) is 0 Å². The molecule has 1 atom stereocenters. The van der Waals surface area contributed by atoms with Crippen molar-refractivity contribution in [2.24, 2.45) is 0 Å². The second kappa shape index (κ2) is 5.51. The van der Waals surface area contributed by atoms with Gasteiger partial charge in [0.2, 0.25) is 0 Å². The Morgan fingerprint density at radius 3 is 2.38 bits per heavy atom. The number of benzene rings is 2. The van der Waals surface area contributed by atoms with Gasteiger partial charge in [-0.1, -0.05) is 81.9 Å². The van der Waals surface area contributed by atoms with Gasteiger partial charge in [-0.3, -0.25) is 0 Å². The highest BCUT2D eigenvalue weighted by molar-refractivity contribution is 9.12. The first-order valence-corrected chi connectivity index (χ1v) is 8.34. The fraction of sp³-hybridized carbons (Fsp3) is 0.167. The SMILES string of the molecule is BrCC(Br)c1cccc2c(Br)ccc(Br)c12. The van der Waals surface area contributed by atoms with Crippen LogP contribution in [0.25, 0.3) is 10.8 Å². The van der Waals surface area contributed by atoms with E-state index < -0.39 is 0 Å². The van der Waals surface area contributed by atoms with E-state index in [1.165, 1.54) is 16.3 Å². The van der Waals surface area contributed by atoms with Gasteiger partial charge in [-0.25, -0.2) is 0 Å². The summed E-state index contributed by atoms with van der Waals surface area (Å²) in [6, 6.07) is 10.5. The van der Waals surface area contributed by atoms with Crippen molar-refractivity contribution in [3.05, 3.63) is 44.8 Å². The maximum atomic E-state index is 3.68. The van der Waals surface area contributed by atoms with Crippen molar-refractivity contribution in [2.45, 2.75) is 4.83 Å². The smallest absolute Gasteiger partial charge is 0.0498 e. The Morgan fingerprint density at radius 1 is 1.00 bits per heavy atom. The third kappa shape index (κ3) is 2.40. The van der Waals surface area contributed by atoms with Crippen LogP contribution in [-0.2, 0) is 0 Å². The highest BCUT2D eigenvalue weighted by atomic mass is 79.9. The van der Waals surface area contributed by atoms with Crippen LogP contribution in [0.3, 0.4) is 0 Å². The molecule has 0 radical (unpaired) electrons. The monoisotopic (exact) mass is 468 g/mol. The number of hydrogen-bond acceptors (Lipinski definition) is 0. The molecule has 2 aromatic carbocycles. The number of halogens is 4. The van der Waals surface area contributed by atoms with Crippen LogP contribution in [0.5, 0.6) is 0 Å². The first-order valence-electron chi connectivity index (χ1n) is 4.72. The molecule has 0 nitrogen and oxygen atoms in total. The normalized spacial score (nSPS) is 13.0. The fourth-order valence-corrected chi connectivity index (χ4v) is 3.47. The molecule has 0 bridgehead atoms. The van der Waals surface area contributed by atoms with E-state index in [-0.39, 0.29) is 0 Å². The van der Waals surface area contributed by atoms with Gasteiger partial charge >= 0.3 is 0 Å².